The van der Waals surface area contributed by atoms with Crippen LogP contribution in [0.2, 0.25) is 0 Å². The molecule has 1 aliphatic carbocycles. The number of piperazine rings is 1. The SMILES string of the molecule is CCn1ncnc1CN1CC(C(C)C)NCC1C1CC1. The van der Waals surface area contributed by atoms with Crippen molar-refractivity contribution in [3.8, 4) is 0 Å². The van der Waals surface area contributed by atoms with E-state index in [1.165, 1.54) is 12.8 Å². The summed E-state index contributed by atoms with van der Waals surface area (Å²) >= 11 is 0. The van der Waals surface area contributed by atoms with Crippen LogP contribution in [-0.2, 0) is 13.1 Å². The molecule has 2 heterocycles. The zero-order chi connectivity index (χ0) is 14.1. The molecule has 1 aromatic rings. The summed E-state index contributed by atoms with van der Waals surface area (Å²) in [5.74, 6) is 2.69. The zero-order valence-corrected chi connectivity index (χ0v) is 12.9. The lowest BCUT2D eigenvalue weighted by Crippen LogP contribution is -2.58. The number of rotatable bonds is 5. The molecule has 1 aromatic heterocycles. The van der Waals surface area contributed by atoms with Crippen LogP contribution in [0.4, 0.5) is 0 Å². The van der Waals surface area contributed by atoms with Crippen molar-refractivity contribution in [2.24, 2.45) is 11.8 Å². The van der Waals surface area contributed by atoms with Crippen molar-refractivity contribution in [2.75, 3.05) is 13.1 Å². The van der Waals surface area contributed by atoms with Gasteiger partial charge >= 0.3 is 0 Å². The molecule has 0 aromatic carbocycles. The van der Waals surface area contributed by atoms with E-state index in [0.717, 1.165) is 37.9 Å². The number of aryl methyl sites for hydroxylation is 1. The smallest absolute Gasteiger partial charge is 0.141 e. The van der Waals surface area contributed by atoms with Gasteiger partial charge in [0.1, 0.15) is 12.2 Å². The molecule has 0 amide bonds. The Kier molecular flexibility index (Phi) is 4.08. The van der Waals surface area contributed by atoms with E-state index in [1.54, 1.807) is 6.33 Å². The largest absolute Gasteiger partial charge is 0.311 e. The van der Waals surface area contributed by atoms with E-state index >= 15 is 0 Å². The fourth-order valence-corrected chi connectivity index (χ4v) is 3.28. The fraction of sp³-hybridized carbons (Fsp3) is 0.867. The molecule has 0 radical (unpaired) electrons. The molecule has 1 saturated heterocycles. The molecule has 2 atom stereocenters. The summed E-state index contributed by atoms with van der Waals surface area (Å²) in [5, 5.41) is 8.05. The molecule has 1 aliphatic heterocycles. The van der Waals surface area contributed by atoms with Crippen LogP contribution in [-0.4, -0.2) is 44.8 Å². The van der Waals surface area contributed by atoms with Crippen molar-refractivity contribution in [3.05, 3.63) is 12.2 Å². The van der Waals surface area contributed by atoms with Gasteiger partial charge in [0.15, 0.2) is 0 Å². The van der Waals surface area contributed by atoms with Gasteiger partial charge in [-0.15, -0.1) is 0 Å². The van der Waals surface area contributed by atoms with Gasteiger partial charge in [0.05, 0.1) is 6.54 Å². The maximum atomic E-state index is 4.45. The van der Waals surface area contributed by atoms with Crippen LogP contribution < -0.4 is 5.32 Å². The molecule has 2 fully saturated rings. The quantitative estimate of drug-likeness (QED) is 0.886. The van der Waals surface area contributed by atoms with E-state index in [1.807, 2.05) is 4.68 Å². The molecular weight excluding hydrogens is 250 g/mol. The average molecular weight is 277 g/mol. The number of nitrogens with zero attached hydrogens (tertiary/aromatic N) is 4. The molecule has 20 heavy (non-hydrogen) atoms. The van der Waals surface area contributed by atoms with Gasteiger partial charge in [-0.3, -0.25) is 4.90 Å². The predicted molar refractivity (Wildman–Crippen MR) is 79.2 cm³/mol. The monoisotopic (exact) mass is 277 g/mol. The van der Waals surface area contributed by atoms with E-state index in [0.29, 0.717) is 18.0 Å². The first kappa shape index (κ1) is 14.0. The van der Waals surface area contributed by atoms with Gasteiger partial charge in [-0.2, -0.15) is 5.10 Å². The molecular formula is C15H27N5. The molecule has 3 rings (SSSR count). The fourth-order valence-electron chi connectivity index (χ4n) is 3.28. The standard InChI is InChI=1S/C15H27N5/c1-4-20-15(17-10-18-20)9-19-8-13(11(2)3)16-7-14(19)12-5-6-12/h10-14,16H,4-9H2,1-3H3. The van der Waals surface area contributed by atoms with Crippen molar-refractivity contribution in [1.82, 2.24) is 25.0 Å². The first-order valence-electron chi connectivity index (χ1n) is 8.03. The van der Waals surface area contributed by atoms with E-state index in [9.17, 15) is 0 Å². The molecule has 2 unspecified atom stereocenters. The highest BCUT2D eigenvalue weighted by atomic mass is 15.4. The normalized spacial score (nSPS) is 28.2. The van der Waals surface area contributed by atoms with E-state index in [4.69, 9.17) is 0 Å². The summed E-state index contributed by atoms with van der Waals surface area (Å²) in [7, 11) is 0. The second-order valence-electron chi connectivity index (χ2n) is 6.59. The van der Waals surface area contributed by atoms with Crippen LogP contribution in [0.1, 0.15) is 39.4 Å². The highest BCUT2D eigenvalue weighted by Gasteiger charge is 2.39. The van der Waals surface area contributed by atoms with Crippen LogP contribution in [0.25, 0.3) is 0 Å². The van der Waals surface area contributed by atoms with Crippen molar-refractivity contribution in [3.63, 3.8) is 0 Å². The zero-order valence-electron chi connectivity index (χ0n) is 12.9. The minimum atomic E-state index is 0.600. The Morgan fingerprint density at radius 3 is 2.85 bits per heavy atom. The number of nitrogens with one attached hydrogen (secondary N) is 1. The minimum absolute atomic E-state index is 0.600. The van der Waals surface area contributed by atoms with Gasteiger partial charge in [0, 0.05) is 31.7 Å². The molecule has 2 aliphatic rings. The van der Waals surface area contributed by atoms with Crippen molar-refractivity contribution in [1.29, 1.82) is 0 Å². The van der Waals surface area contributed by atoms with Gasteiger partial charge in [-0.05, 0) is 31.6 Å². The Hall–Kier alpha value is -0.940. The van der Waals surface area contributed by atoms with Gasteiger partial charge in [-0.25, -0.2) is 9.67 Å². The lowest BCUT2D eigenvalue weighted by Gasteiger charge is -2.42. The third-order valence-corrected chi connectivity index (χ3v) is 4.80. The van der Waals surface area contributed by atoms with Gasteiger partial charge < -0.3 is 5.32 Å². The third-order valence-electron chi connectivity index (χ3n) is 4.80. The highest BCUT2D eigenvalue weighted by Crippen LogP contribution is 2.37. The Morgan fingerprint density at radius 2 is 2.20 bits per heavy atom. The molecule has 1 saturated carbocycles. The lowest BCUT2D eigenvalue weighted by molar-refractivity contribution is 0.0886. The summed E-state index contributed by atoms with van der Waals surface area (Å²) in [5.41, 5.74) is 0. The third kappa shape index (κ3) is 2.88. The first-order valence-corrected chi connectivity index (χ1v) is 8.03. The summed E-state index contributed by atoms with van der Waals surface area (Å²) in [4.78, 5) is 7.10. The van der Waals surface area contributed by atoms with Gasteiger partial charge in [-0.1, -0.05) is 13.8 Å². The maximum absolute atomic E-state index is 4.45. The highest BCUT2D eigenvalue weighted by molar-refractivity contribution is 4.98. The Balaban J connectivity index is 1.72. The maximum Gasteiger partial charge on any atom is 0.141 e. The second-order valence-corrected chi connectivity index (χ2v) is 6.59. The summed E-state index contributed by atoms with van der Waals surface area (Å²) in [6.07, 6.45) is 4.48. The molecule has 112 valence electrons. The Bertz CT molecular complexity index is 437. The molecule has 5 nitrogen and oxygen atoms in total. The molecule has 0 spiro atoms. The van der Waals surface area contributed by atoms with Crippen LogP contribution in [0.15, 0.2) is 6.33 Å². The minimum Gasteiger partial charge on any atom is -0.311 e. The molecule has 0 bridgehead atoms. The summed E-state index contributed by atoms with van der Waals surface area (Å²) in [6.45, 7) is 10.9. The van der Waals surface area contributed by atoms with E-state index in [2.05, 4.69) is 41.1 Å². The predicted octanol–water partition coefficient (Wildman–Crippen LogP) is 1.51. The second kappa shape index (κ2) is 5.82. The van der Waals surface area contributed by atoms with Crippen molar-refractivity contribution >= 4 is 0 Å². The summed E-state index contributed by atoms with van der Waals surface area (Å²) < 4.78 is 2.02. The number of hydrogen-bond acceptors (Lipinski definition) is 4. The average Bonchev–Trinajstić information content (AvgIpc) is 3.19. The van der Waals surface area contributed by atoms with Crippen molar-refractivity contribution in [2.45, 2.75) is 58.8 Å². The van der Waals surface area contributed by atoms with Crippen LogP contribution in [0, 0.1) is 11.8 Å². The van der Waals surface area contributed by atoms with Crippen LogP contribution >= 0.6 is 0 Å². The lowest BCUT2D eigenvalue weighted by atomic mass is 9.97. The van der Waals surface area contributed by atoms with E-state index < -0.39 is 0 Å². The van der Waals surface area contributed by atoms with Crippen LogP contribution in [0.3, 0.4) is 0 Å². The number of aromatic nitrogens is 3. The molecule has 1 N–H and O–H groups in total. The Morgan fingerprint density at radius 1 is 1.40 bits per heavy atom. The van der Waals surface area contributed by atoms with Gasteiger partial charge in [0.25, 0.3) is 0 Å². The van der Waals surface area contributed by atoms with E-state index in [-0.39, 0.29) is 0 Å². The Labute approximate surface area is 121 Å². The van der Waals surface area contributed by atoms with Crippen molar-refractivity contribution < 1.29 is 0 Å². The summed E-state index contributed by atoms with van der Waals surface area (Å²) in [6, 6.07) is 1.29. The number of hydrogen-bond donors (Lipinski definition) is 1. The van der Waals surface area contributed by atoms with Crippen LogP contribution in [0.5, 0.6) is 0 Å². The first-order chi connectivity index (χ1) is 9.69. The molecule has 5 heteroatoms. The topological polar surface area (TPSA) is 46.0 Å². The van der Waals surface area contributed by atoms with Gasteiger partial charge in [0.2, 0.25) is 0 Å².